The van der Waals surface area contributed by atoms with Crippen LogP contribution in [0.25, 0.3) is 0 Å². The van der Waals surface area contributed by atoms with E-state index in [0.717, 1.165) is 63.8 Å². The molecule has 120 valence electrons. The van der Waals surface area contributed by atoms with Crippen LogP contribution in [0.5, 0.6) is 0 Å². The van der Waals surface area contributed by atoms with E-state index in [0.29, 0.717) is 12.5 Å². The molecule has 0 spiro atoms. The fourth-order valence-electron chi connectivity index (χ4n) is 3.16. The Labute approximate surface area is 132 Å². The topological polar surface area (TPSA) is 52.6 Å². The van der Waals surface area contributed by atoms with Crippen molar-refractivity contribution in [2.24, 2.45) is 5.92 Å². The quantitative estimate of drug-likeness (QED) is 0.829. The van der Waals surface area contributed by atoms with Gasteiger partial charge in [0.2, 0.25) is 5.91 Å². The van der Waals surface area contributed by atoms with Gasteiger partial charge in [0.15, 0.2) is 0 Å². The minimum absolute atomic E-state index is 0.294. The monoisotopic (exact) mass is 303 g/mol. The molecule has 0 aromatic carbocycles. The lowest BCUT2D eigenvalue weighted by Crippen LogP contribution is -2.51. The maximum Gasteiger partial charge on any atom is 0.236 e. The van der Waals surface area contributed by atoms with E-state index in [1.807, 2.05) is 11.0 Å². The number of piperidine rings is 1. The minimum atomic E-state index is 0.294. The third-order valence-corrected chi connectivity index (χ3v) is 4.76. The molecule has 2 saturated heterocycles. The van der Waals surface area contributed by atoms with Crippen molar-refractivity contribution in [3.05, 3.63) is 18.6 Å². The smallest absolute Gasteiger partial charge is 0.236 e. The van der Waals surface area contributed by atoms with E-state index in [-0.39, 0.29) is 0 Å². The van der Waals surface area contributed by atoms with Crippen LogP contribution in [0.4, 0.5) is 5.82 Å². The maximum atomic E-state index is 12.4. The maximum absolute atomic E-state index is 12.4. The molecule has 3 rings (SSSR count). The summed E-state index contributed by atoms with van der Waals surface area (Å²) < 4.78 is 0. The van der Waals surface area contributed by atoms with Crippen molar-refractivity contribution in [2.75, 3.05) is 50.7 Å². The van der Waals surface area contributed by atoms with Crippen molar-refractivity contribution in [1.29, 1.82) is 0 Å². The zero-order valence-electron chi connectivity index (χ0n) is 13.3. The standard InChI is InChI=1S/C16H25N5O/c1-14-3-6-21(7-4-14)16(22)12-19-8-10-20(11-9-19)15-2-5-17-13-18-15/h2,5,13-14H,3-4,6-12H2,1H3. The summed E-state index contributed by atoms with van der Waals surface area (Å²) in [7, 11) is 0. The second-order valence-electron chi connectivity index (χ2n) is 6.39. The summed E-state index contributed by atoms with van der Waals surface area (Å²) >= 11 is 0. The van der Waals surface area contributed by atoms with Crippen molar-refractivity contribution in [3.63, 3.8) is 0 Å². The normalized spacial score (nSPS) is 21.1. The molecule has 0 radical (unpaired) electrons. The lowest BCUT2D eigenvalue weighted by atomic mass is 9.99. The highest BCUT2D eigenvalue weighted by molar-refractivity contribution is 5.78. The highest BCUT2D eigenvalue weighted by Crippen LogP contribution is 2.17. The van der Waals surface area contributed by atoms with E-state index >= 15 is 0 Å². The number of nitrogens with zero attached hydrogens (tertiary/aromatic N) is 5. The van der Waals surface area contributed by atoms with Crippen LogP contribution >= 0.6 is 0 Å². The number of hydrogen-bond donors (Lipinski definition) is 0. The zero-order chi connectivity index (χ0) is 15.4. The van der Waals surface area contributed by atoms with E-state index in [1.54, 1.807) is 12.5 Å². The predicted octanol–water partition coefficient (Wildman–Crippen LogP) is 0.857. The lowest BCUT2D eigenvalue weighted by Gasteiger charge is -2.37. The molecule has 6 heteroatoms. The van der Waals surface area contributed by atoms with Crippen molar-refractivity contribution < 1.29 is 4.79 Å². The fourth-order valence-corrected chi connectivity index (χ4v) is 3.16. The fraction of sp³-hybridized carbons (Fsp3) is 0.688. The number of rotatable bonds is 3. The molecule has 0 atom stereocenters. The molecule has 2 aliphatic heterocycles. The number of carbonyl (C=O) groups is 1. The summed E-state index contributed by atoms with van der Waals surface area (Å²) in [6.07, 6.45) is 5.65. The number of carbonyl (C=O) groups excluding carboxylic acids is 1. The molecular weight excluding hydrogens is 278 g/mol. The number of anilines is 1. The van der Waals surface area contributed by atoms with Crippen LogP contribution in [-0.4, -0.2) is 71.5 Å². The van der Waals surface area contributed by atoms with Crippen molar-refractivity contribution in [1.82, 2.24) is 19.8 Å². The predicted molar refractivity (Wildman–Crippen MR) is 85.7 cm³/mol. The van der Waals surface area contributed by atoms with Crippen molar-refractivity contribution >= 4 is 11.7 Å². The summed E-state index contributed by atoms with van der Waals surface area (Å²) in [6.45, 7) is 8.37. The molecule has 1 aromatic rings. The van der Waals surface area contributed by atoms with Crippen LogP contribution in [0.1, 0.15) is 19.8 Å². The molecule has 1 amide bonds. The molecule has 0 unspecified atom stereocenters. The van der Waals surface area contributed by atoms with Crippen molar-refractivity contribution in [2.45, 2.75) is 19.8 Å². The summed E-state index contributed by atoms with van der Waals surface area (Å²) in [5.74, 6) is 2.04. The van der Waals surface area contributed by atoms with Crippen LogP contribution in [0.2, 0.25) is 0 Å². The third kappa shape index (κ3) is 3.74. The highest BCUT2D eigenvalue weighted by atomic mass is 16.2. The van der Waals surface area contributed by atoms with Crippen LogP contribution in [0, 0.1) is 5.92 Å². The van der Waals surface area contributed by atoms with Crippen LogP contribution in [0.3, 0.4) is 0 Å². The zero-order valence-corrected chi connectivity index (χ0v) is 13.3. The molecule has 0 saturated carbocycles. The molecule has 6 nitrogen and oxygen atoms in total. The number of piperazine rings is 1. The van der Waals surface area contributed by atoms with E-state index in [1.165, 1.54) is 0 Å². The molecule has 2 aliphatic rings. The molecule has 0 aliphatic carbocycles. The Kier molecular flexibility index (Phi) is 4.87. The van der Waals surface area contributed by atoms with Crippen LogP contribution in [0.15, 0.2) is 18.6 Å². The Morgan fingerprint density at radius 1 is 1.18 bits per heavy atom. The van der Waals surface area contributed by atoms with Gasteiger partial charge in [0, 0.05) is 45.5 Å². The SMILES string of the molecule is CC1CCN(C(=O)CN2CCN(c3ccncn3)CC2)CC1. The highest BCUT2D eigenvalue weighted by Gasteiger charge is 2.24. The van der Waals surface area contributed by atoms with Gasteiger partial charge in [-0.3, -0.25) is 9.69 Å². The first kappa shape index (κ1) is 15.2. The molecule has 22 heavy (non-hydrogen) atoms. The lowest BCUT2D eigenvalue weighted by molar-refractivity contribution is -0.133. The van der Waals surface area contributed by atoms with Gasteiger partial charge in [-0.25, -0.2) is 9.97 Å². The average Bonchev–Trinajstić information content (AvgIpc) is 2.57. The Hall–Kier alpha value is -1.69. The summed E-state index contributed by atoms with van der Waals surface area (Å²) in [6, 6.07) is 1.94. The summed E-state index contributed by atoms with van der Waals surface area (Å²) in [5, 5.41) is 0. The van der Waals surface area contributed by atoms with Gasteiger partial charge in [0.1, 0.15) is 12.1 Å². The first-order valence-corrected chi connectivity index (χ1v) is 8.23. The molecular formula is C16H25N5O. The number of likely N-dealkylation sites (tertiary alicyclic amines) is 1. The van der Waals surface area contributed by atoms with E-state index in [9.17, 15) is 4.79 Å². The van der Waals surface area contributed by atoms with E-state index in [4.69, 9.17) is 0 Å². The Bertz CT molecular complexity index is 479. The van der Waals surface area contributed by atoms with Crippen LogP contribution < -0.4 is 4.90 Å². The molecule has 0 N–H and O–H groups in total. The molecule has 1 aromatic heterocycles. The van der Waals surface area contributed by atoms with E-state index in [2.05, 4.69) is 26.7 Å². The van der Waals surface area contributed by atoms with Crippen LogP contribution in [-0.2, 0) is 4.79 Å². The number of amides is 1. The van der Waals surface area contributed by atoms with Gasteiger partial charge < -0.3 is 9.80 Å². The number of aromatic nitrogens is 2. The Morgan fingerprint density at radius 3 is 2.55 bits per heavy atom. The summed E-state index contributed by atoms with van der Waals surface area (Å²) in [5.41, 5.74) is 0. The molecule has 2 fully saturated rings. The average molecular weight is 303 g/mol. The van der Waals surface area contributed by atoms with Gasteiger partial charge in [-0.05, 0) is 24.8 Å². The first-order valence-electron chi connectivity index (χ1n) is 8.23. The van der Waals surface area contributed by atoms with Gasteiger partial charge in [-0.1, -0.05) is 6.92 Å². The van der Waals surface area contributed by atoms with Crippen molar-refractivity contribution in [3.8, 4) is 0 Å². The second kappa shape index (κ2) is 7.05. The number of hydrogen-bond acceptors (Lipinski definition) is 5. The summed E-state index contributed by atoms with van der Waals surface area (Å²) in [4.78, 5) is 27.2. The van der Waals surface area contributed by atoms with Gasteiger partial charge >= 0.3 is 0 Å². The first-order chi connectivity index (χ1) is 10.7. The van der Waals surface area contributed by atoms with Gasteiger partial charge in [0.05, 0.1) is 6.54 Å². The largest absolute Gasteiger partial charge is 0.354 e. The van der Waals surface area contributed by atoms with Gasteiger partial charge in [-0.2, -0.15) is 0 Å². The molecule has 0 bridgehead atoms. The van der Waals surface area contributed by atoms with Gasteiger partial charge in [0.25, 0.3) is 0 Å². The minimum Gasteiger partial charge on any atom is -0.354 e. The second-order valence-corrected chi connectivity index (χ2v) is 6.39. The molecule has 3 heterocycles. The van der Waals surface area contributed by atoms with E-state index < -0.39 is 0 Å². The third-order valence-electron chi connectivity index (χ3n) is 4.76. The van der Waals surface area contributed by atoms with Gasteiger partial charge in [-0.15, -0.1) is 0 Å². The Balaban J connectivity index is 1.45. The Morgan fingerprint density at radius 2 is 1.91 bits per heavy atom.